The van der Waals surface area contributed by atoms with Gasteiger partial charge in [-0.2, -0.15) is 0 Å². The van der Waals surface area contributed by atoms with E-state index in [-0.39, 0.29) is 12.5 Å². The molecule has 0 saturated heterocycles. The molecule has 4 nitrogen and oxygen atoms in total. The first-order chi connectivity index (χ1) is 8.74. The predicted octanol–water partition coefficient (Wildman–Crippen LogP) is 2.77. The molecule has 1 aromatic carbocycles. The standard InChI is InChI=1S/C13H13BrN2O2/c14-10-3-5-11(6-4-10)16-13(17)9-15-8-12-2-1-7-18-12/h1-7,15H,8-9H2,(H,16,17). The van der Waals surface area contributed by atoms with E-state index in [4.69, 9.17) is 4.42 Å². The van der Waals surface area contributed by atoms with Crippen molar-refractivity contribution in [2.75, 3.05) is 11.9 Å². The van der Waals surface area contributed by atoms with E-state index >= 15 is 0 Å². The van der Waals surface area contributed by atoms with E-state index in [1.165, 1.54) is 0 Å². The number of hydrogen-bond donors (Lipinski definition) is 2. The molecule has 0 spiro atoms. The normalized spacial score (nSPS) is 10.3. The molecule has 1 aromatic heterocycles. The highest BCUT2D eigenvalue weighted by molar-refractivity contribution is 9.10. The number of furan rings is 1. The molecule has 5 heteroatoms. The smallest absolute Gasteiger partial charge is 0.238 e. The number of carbonyl (C=O) groups is 1. The van der Waals surface area contributed by atoms with Gasteiger partial charge >= 0.3 is 0 Å². The Bertz CT molecular complexity index is 494. The van der Waals surface area contributed by atoms with Gasteiger partial charge in [0, 0.05) is 10.2 Å². The zero-order chi connectivity index (χ0) is 12.8. The van der Waals surface area contributed by atoms with Crippen LogP contribution in [-0.2, 0) is 11.3 Å². The summed E-state index contributed by atoms with van der Waals surface area (Å²) in [6.45, 7) is 0.789. The van der Waals surface area contributed by atoms with Gasteiger partial charge in [0.15, 0.2) is 0 Å². The lowest BCUT2D eigenvalue weighted by molar-refractivity contribution is -0.115. The Morgan fingerprint density at radius 2 is 2.00 bits per heavy atom. The molecule has 0 unspecified atom stereocenters. The Labute approximate surface area is 114 Å². The van der Waals surface area contributed by atoms with E-state index in [1.54, 1.807) is 6.26 Å². The first-order valence-electron chi connectivity index (χ1n) is 5.52. The van der Waals surface area contributed by atoms with E-state index in [0.29, 0.717) is 6.54 Å². The van der Waals surface area contributed by atoms with Crippen molar-refractivity contribution in [2.45, 2.75) is 6.54 Å². The van der Waals surface area contributed by atoms with Crippen molar-refractivity contribution >= 4 is 27.5 Å². The van der Waals surface area contributed by atoms with Crippen LogP contribution in [0.5, 0.6) is 0 Å². The third-order valence-electron chi connectivity index (χ3n) is 2.29. The van der Waals surface area contributed by atoms with Crippen molar-refractivity contribution in [2.24, 2.45) is 0 Å². The van der Waals surface area contributed by atoms with Crippen molar-refractivity contribution in [3.8, 4) is 0 Å². The van der Waals surface area contributed by atoms with Gasteiger partial charge in [0.2, 0.25) is 5.91 Å². The van der Waals surface area contributed by atoms with Crippen LogP contribution < -0.4 is 10.6 Å². The number of halogens is 1. The zero-order valence-electron chi connectivity index (χ0n) is 9.65. The molecule has 0 fully saturated rings. The summed E-state index contributed by atoms with van der Waals surface area (Å²) in [4.78, 5) is 11.6. The van der Waals surface area contributed by atoms with E-state index < -0.39 is 0 Å². The largest absolute Gasteiger partial charge is 0.468 e. The number of carbonyl (C=O) groups excluding carboxylic acids is 1. The number of anilines is 1. The maximum Gasteiger partial charge on any atom is 0.238 e. The fourth-order valence-corrected chi connectivity index (χ4v) is 1.72. The Hall–Kier alpha value is -1.59. The number of nitrogens with one attached hydrogen (secondary N) is 2. The lowest BCUT2D eigenvalue weighted by Gasteiger charge is -2.05. The van der Waals surface area contributed by atoms with Gasteiger partial charge in [-0.05, 0) is 36.4 Å². The monoisotopic (exact) mass is 308 g/mol. The summed E-state index contributed by atoms with van der Waals surface area (Å²) < 4.78 is 6.13. The topological polar surface area (TPSA) is 54.3 Å². The summed E-state index contributed by atoms with van der Waals surface area (Å²) in [5, 5.41) is 5.80. The molecular formula is C13H13BrN2O2. The molecule has 2 rings (SSSR count). The molecule has 0 aliphatic rings. The van der Waals surface area contributed by atoms with Crippen LogP contribution in [0, 0.1) is 0 Å². The number of amides is 1. The molecule has 2 aromatic rings. The van der Waals surface area contributed by atoms with Gasteiger partial charge in [-0.25, -0.2) is 0 Å². The molecule has 0 atom stereocenters. The third kappa shape index (κ3) is 4.01. The van der Waals surface area contributed by atoms with Crippen molar-refractivity contribution in [3.63, 3.8) is 0 Å². The average Bonchev–Trinajstić information content (AvgIpc) is 2.85. The predicted molar refractivity (Wildman–Crippen MR) is 73.2 cm³/mol. The van der Waals surface area contributed by atoms with Crippen LogP contribution in [0.3, 0.4) is 0 Å². The van der Waals surface area contributed by atoms with Gasteiger partial charge in [0.1, 0.15) is 5.76 Å². The molecule has 0 aliphatic carbocycles. The number of hydrogen-bond acceptors (Lipinski definition) is 3. The van der Waals surface area contributed by atoms with E-state index in [0.717, 1.165) is 15.9 Å². The van der Waals surface area contributed by atoms with Crippen LogP contribution >= 0.6 is 15.9 Å². The summed E-state index contributed by atoms with van der Waals surface area (Å²) in [7, 11) is 0. The SMILES string of the molecule is O=C(CNCc1ccco1)Nc1ccc(Br)cc1. The lowest BCUT2D eigenvalue weighted by Crippen LogP contribution is -2.27. The molecule has 2 N–H and O–H groups in total. The lowest BCUT2D eigenvalue weighted by atomic mass is 10.3. The first-order valence-corrected chi connectivity index (χ1v) is 6.32. The minimum Gasteiger partial charge on any atom is -0.468 e. The third-order valence-corrected chi connectivity index (χ3v) is 2.82. The fraction of sp³-hybridized carbons (Fsp3) is 0.154. The van der Waals surface area contributed by atoms with Crippen molar-refractivity contribution in [3.05, 3.63) is 52.9 Å². The van der Waals surface area contributed by atoms with Crippen molar-refractivity contribution < 1.29 is 9.21 Å². The maximum atomic E-state index is 11.6. The molecule has 0 radical (unpaired) electrons. The second-order valence-electron chi connectivity index (χ2n) is 3.74. The molecule has 0 bridgehead atoms. The Balaban J connectivity index is 1.73. The van der Waals surface area contributed by atoms with Crippen LogP contribution in [0.2, 0.25) is 0 Å². The first kappa shape index (κ1) is 12.9. The molecule has 0 aliphatic heterocycles. The molecular weight excluding hydrogens is 296 g/mol. The van der Waals surface area contributed by atoms with Crippen molar-refractivity contribution in [1.82, 2.24) is 5.32 Å². The highest BCUT2D eigenvalue weighted by atomic mass is 79.9. The van der Waals surface area contributed by atoms with E-state index in [1.807, 2.05) is 36.4 Å². The number of rotatable bonds is 5. The van der Waals surface area contributed by atoms with Crippen LogP contribution in [0.4, 0.5) is 5.69 Å². The quantitative estimate of drug-likeness (QED) is 0.893. The summed E-state index contributed by atoms with van der Waals surface area (Å²) in [6.07, 6.45) is 1.61. The summed E-state index contributed by atoms with van der Waals surface area (Å²) in [5.74, 6) is 0.732. The number of benzene rings is 1. The van der Waals surface area contributed by atoms with Crippen LogP contribution in [0.15, 0.2) is 51.6 Å². The average molecular weight is 309 g/mol. The summed E-state index contributed by atoms with van der Waals surface area (Å²) in [5.41, 5.74) is 0.781. The van der Waals surface area contributed by atoms with Gasteiger partial charge in [-0.3, -0.25) is 4.79 Å². The van der Waals surface area contributed by atoms with E-state index in [2.05, 4.69) is 26.6 Å². The molecule has 1 amide bonds. The van der Waals surface area contributed by atoms with Crippen LogP contribution in [-0.4, -0.2) is 12.5 Å². The van der Waals surface area contributed by atoms with Gasteiger partial charge in [-0.15, -0.1) is 0 Å². The Morgan fingerprint density at radius 1 is 1.22 bits per heavy atom. The minimum atomic E-state index is -0.0797. The Morgan fingerprint density at radius 3 is 2.67 bits per heavy atom. The molecule has 94 valence electrons. The van der Waals surface area contributed by atoms with E-state index in [9.17, 15) is 4.79 Å². The van der Waals surface area contributed by atoms with Crippen molar-refractivity contribution in [1.29, 1.82) is 0 Å². The highest BCUT2D eigenvalue weighted by Crippen LogP contribution is 2.13. The molecule has 0 saturated carbocycles. The van der Waals surface area contributed by atoms with Gasteiger partial charge in [-0.1, -0.05) is 15.9 Å². The van der Waals surface area contributed by atoms with Gasteiger partial charge < -0.3 is 15.1 Å². The highest BCUT2D eigenvalue weighted by Gasteiger charge is 2.02. The maximum absolute atomic E-state index is 11.6. The molecule has 1 heterocycles. The van der Waals surface area contributed by atoms with Crippen LogP contribution in [0.25, 0.3) is 0 Å². The summed E-state index contributed by atoms with van der Waals surface area (Å²) >= 11 is 3.34. The second kappa shape index (κ2) is 6.37. The Kier molecular flexibility index (Phi) is 4.55. The minimum absolute atomic E-state index is 0.0797. The van der Waals surface area contributed by atoms with Gasteiger partial charge in [0.25, 0.3) is 0 Å². The van der Waals surface area contributed by atoms with Gasteiger partial charge in [0.05, 0.1) is 19.4 Å². The zero-order valence-corrected chi connectivity index (χ0v) is 11.2. The fourth-order valence-electron chi connectivity index (χ4n) is 1.45. The summed E-state index contributed by atoms with van der Waals surface area (Å²) in [6, 6.07) is 11.1. The second-order valence-corrected chi connectivity index (χ2v) is 4.65. The molecule has 18 heavy (non-hydrogen) atoms. The van der Waals surface area contributed by atoms with Crippen LogP contribution in [0.1, 0.15) is 5.76 Å².